The van der Waals surface area contributed by atoms with E-state index in [9.17, 15) is 9.59 Å². The molecule has 1 aliphatic rings. The molecule has 2 aromatic rings. The summed E-state index contributed by atoms with van der Waals surface area (Å²) in [5, 5.41) is 11.8. The molecule has 0 spiro atoms. The van der Waals surface area contributed by atoms with E-state index < -0.39 is 0 Å². The predicted molar refractivity (Wildman–Crippen MR) is 75.1 cm³/mol. The number of rotatable bonds is 2. The number of nitrogens with one attached hydrogen (secondary N) is 1. The summed E-state index contributed by atoms with van der Waals surface area (Å²) in [6.45, 7) is 0. The zero-order valence-corrected chi connectivity index (χ0v) is 11.1. The summed E-state index contributed by atoms with van der Waals surface area (Å²) in [6.07, 6.45) is 1.53. The van der Waals surface area contributed by atoms with Crippen molar-refractivity contribution in [3.05, 3.63) is 53.3 Å². The lowest BCUT2D eigenvalue weighted by Gasteiger charge is -2.06. The van der Waals surface area contributed by atoms with Gasteiger partial charge in [0.15, 0.2) is 0 Å². The van der Waals surface area contributed by atoms with Crippen LogP contribution in [-0.4, -0.2) is 28.7 Å². The molecule has 0 bridgehead atoms. The Morgan fingerprint density at radius 3 is 2.48 bits per heavy atom. The molecule has 6 nitrogen and oxygen atoms in total. The van der Waals surface area contributed by atoms with Gasteiger partial charge in [-0.15, -0.1) is 0 Å². The molecular formula is C15H10N4O2. The average Bonchev–Trinajstić information content (AvgIpc) is 2.73. The number of nitrogens with zero attached hydrogens (tertiary/aromatic N) is 3. The van der Waals surface area contributed by atoms with Crippen LogP contribution >= 0.6 is 0 Å². The molecule has 2 heterocycles. The quantitative estimate of drug-likeness (QED) is 0.848. The van der Waals surface area contributed by atoms with Crippen LogP contribution in [0.1, 0.15) is 26.4 Å². The third-order valence-electron chi connectivity index (χ3n) is 3.26. The molecule has 0 saturated heterocycles. The summed E-state index contributed by atoms with van der Waals surface area (Å²) in [5.74, 6) is -0.599. The summed E-state index contributed by atoms with van der Waals surface area (Å²) in [6, 6.07) is 10.2. The third kappa shape index (κ3) is 2.11. The zero-order chi connectivity index (χ0) is 15.0. The number of hydrogen-bond acceptors (Lipinski definition) is 5. The second-order valence-electron chi connectivity index (χ2n) is 4.60. The van der Waals surface area contributed by atoms with Gasteiger partial charge in [0.1, 0.15) is 11.8 Å². The molecule has 6 heteroatoms. The fourth-order valence-corrected chi connectivity index (χ4v) is 2.14. The Morgan fingerprint density at radius 2 is 1.81 bits per heavy atom. The SMILES string of the molecule is CN1C(=O)c2ccc(Nc3ccc(C#N)nc3)cc2C1=O. The largest absolute Gasteiger partial charge is 0.354 e. The van der Waals surface area contributed by atoms with E-state index in [1.165, 1.54) is 13.2 Å². The van der Waals surface area contributed by atoms with Gasteiger partial charge in [-0.2, -0.15) is 5.26 Å². The number of benzene rings is 1. The number of imide groups is 1. The minimum Gasteiger partial charge on any atom is -0.354 e. The lowest BCUT2D eigenvalue weighted by Crippen LogP contribution is -2.24. The number of hydrogen-bond donors (Lipinski definition) is 1. The number of aromatic nitrogens is 1. The minimum atomic E-state index is -0.309. The van der Waals surface area contributed by atoms with Gasteiger partial charge in [-0.05, 0) is 30.3 Å². The van der Waals surface area contributed by atoms with Crippen molar-refractivity contribution in [2.24, 2.45) is 0 Å². The van der Waals surface area contributed by atoms with Crippen molar-refractivity contribution in [3.63, 3.8) is 0 Å². The average molecular weight is 278 g/mol. The van der Waals surface area contributed by atoms with Gasteiger partial charge < -0.3 is 5.32 Å². The maximum Gasteiger partial charge on any atom is 0.261 e. The maximum atomic E-state index is 11.9. The molecule has 0 atom stereocenters. The highest BCUT2D eigenvalue weighted by Gasteiger charge is 2.32. The van der Waals surface area contributed by atoms with Crippen molar-refractivity contribution in [1.82, 2.24) is 9.88 Å². The van der Waals surface area contributed by atoms with Crippen LogP contribution in [0.4, 0.5) is 11.4 Å². The first-order valence-corrected chi connectivity index (χ1v) is 6.20. The van der Waals surface area contributed by atoms with Gasteiger partial charge in [0.05, 0.1) is 23.0 Å². The maximum absolute atomic E-state index is 11.9. The third-order valence-corrected chi connectivity index (χ3v) is 3.26. The molecule has 1 aromatic heterocycles. The zero-order valence-electron chi connectivity index (χ0n) is 11.1. The molecule has 1 aliphatic heterocycles. The van der Waals surface area contributed by atoms with E-state index in [1.807, 2.05) is 6.07 Å². The molecule has 0 saturated carbocycles. The molecule has 0 unspecified atom stereocenters. The molecule has 1 N–H and O–H groups in total. The van der Waals surface area contributed by atoms with Gasteiger partial charge in [-0.3, -0.25) is 14.5 Å². The van der Waals surface area contributed by atoms with Gasteiger partial charge in [-0.1, -0.05) is 0 Å². The smallest absolute Gasteiger partial charge is 0.261 e. The Balaban J connectivity index is 1.90. The summed E-state index contributed by atoms with van der Waals surface area (Å²) >= 11 is 0. The number of carbonyl (C=O) groups is 2. The predicted octanol–water partition coefficient (Wildman–Crippen LogP) is 1.92. The van der Waals surface area contributed by atoms with Crippen LogP contribution in [0, 0.1) is 11.3 Å². The molecule has 0 fully saturated rings. The Hall–Kier alpha value is -3.20. The van der Waals surface area contributed by atoms with Crippen LogP contribution in [0.25, 0.3) is 0 Å². The van der Waals surface area contributed by atoms with Gasteiger partial charge in [0, 0.05) is 12.7 Å². The monoisotopic (exact) mass is 278 g/mol. The lowest BCUT2D eigenvalue weighted by atomic mass is 10.1. The summed E-state index contributed by atoms with van der Waals surface area (Å²) in [7, 11) is 1.46. The molecule has 0 aliphatic carbocycles. The number of fused-ring (bicyclic) bond motifs is 1. The summed E-state index contributed by atoms with van der Waals surface area (Å²) < 4.78 is 0. The molecule has 102 valence electrons. The van der Waals surface area contributed by atoms with E-state index in [2.05, 4.69) is 10.3 Å². The van der Waals surface area contributed by atoms with Crippen molar-refractivity contribution in [3.8, 4) is 6.07 Å². The highest BCUT2D eigenvalue weighted by Crippen LogP contribution is 2.26. The van der Waals surface area contributed by atoms with Gasteiger partial charge >= 0.3 is 0 Å². The first kappa shape index (κ1) is 12.8. The normalized spacial score (nSPS) is 13.0. The van der Waals surface area contributed by atoms with Crippen molar-refractivity contribution in [2.75, 3.05) is 12.4 Å². The minimum absolute atomic E-state index is 0.290. The van der Waals surface area contributed by atoms with Gasteiger partial charge in [0.2, 0.25) is 0 Å². The number of pyridine rings is 1. The first-order chi connectivity index (χ1) is 10.1. The second kappa shape index (κ2) is 4.72. The molecule has 1 aromatic carbocycles. The Labute approximate surface area is 120 Å². The van der Waals surface area contributed by atoms with E-state index in [4.69, 9.17) is 5.26 Å². The summed E-state index contributed by atoms with van der Waals surface area (Å²) in [5.41, 5.74) is 2.49. The number of carbonyl (C=O) groups excluding carboxylic acids is 2. The van der Waals surface area contributed by atoms with Crippen LogP contribution in [0.3, 0.4) is 0 Å². The highest BCUT2D eigenvalue weighted by atomic mass is 16.2. The Morgan fingerprint density at radius 1 is 1.10 bits per heavy atom. The number of amides is 2. The highest BCUT2D eigenvalue weighted by molar-refractivity contribution is 6.21. The van der Waals surface area contributed by atoms with Gasteiger partial charge in [-0.25, -0.2) is 4.98 Å². The van der Waals surface area contributed by atoms with Crippen molar-refractivity contribution < 1.29 is 9.59 Å². The van der Waals surface area contributed by atoms with E-state index >= 15 is 0 Å². The molecular weight excluding hydrogens is 268 g/mol. The Kier molecular flexibility index (Phi) is 2.88. The van der Waals surface area contributed by atoms with Crippen molar-refractivity contribution in [1.29, 1.82) is 5.26 Å². The molecule has 2 amide bonds. The van der Waals surface area contributed by atoms with E-state index in [1.54, 1.807) is 30.3 Å². The second-order valence-corrected chi connectivity index (χ2v) is 4.60. The first-order valence-electron chi connectivity index (χ1n) is 6.20. The summed E-state index contributed by atoms with van der Waals surface area (Å²) in [4.78, 5) is 28.8. The van der Waals surface area contributed by atoms with Crippen molar-refractivity contribution in [2.45, 2.75) is 0 Å². The topological polar surface area (TPSA) is 86.1 Å². The van der Waals surface area contributed by atoms with Crippen LogP contribution in [0.2, 0.25) is 0 Å². The lowest BCUT2D eigenvalue weighted by molar-refractivity contribution is 0.0693. The standard InChI is InChI=1S/C15H10N4O2/c1-19-14(20)12-5-4-9(6-13(12)15(19)21)18-11-3-2-10(7-16)17-8-11/h2-6,8,18H,1H3. The van der Waals surface area contributed by atoms with E-state index in [0.717, 1.165) is 4.90 Å². The molecule has 3 rings (SSSR count). The van der Waals surface area contributed by atoms with Crippen LogP contribution in [0.15, 0.2) is 36.5 Å². The molecule has 0 radical (unpaired) electrons. The number of nitriles is 1. The van der Waals surface area contributed by atoms with E-state index in [-0.39, 0.29) is 11.8 Å². The Bertz CT molecular complexity index is 790. The fourth-order valence-electron chi connectivity index (χ4n) is 2.14. The van der Waals surface area contributed by atoms with Crippen molar-refractivity contribution >= 4 is 23.2 Å². The van der Waals surface area contributed by atoms with E-state index in [0.29, 0.717) is 28.2 Å². The van der Waals surface area contributed by atoms with Crippen LogP contribution in [-0.2, 0) is 0 Å². The van der Waals surface area contributed by atoms with Crippen LogP contribution < -0.4 is 5.32 Å². The fraction of sp³-hybridized carbons (Fsp3) is 0.0667. The number of anilines is 2. The molecule has 21 heavy (non-hydrogen) atoms. The van der Waals surface area contributed by atoms with Gasteiger partial charge in [0.25, 0.3) is 11.8 Å². The van der Waals surface area contributed by atoms with Crippen LogP contribution in [0.5, 0.6) is 0 Å².